The molecule has 3 N–H and O–H groups in total. The van der Waals surface area contributed by atoms with Crippen LogP contribution in [0.4, 0.5) is 4.79 Å². The lowest BCUT2D eigenvalue weighted by atomic mass is 9.97. The first kappa shape index (κ1) is 16.2. The number of hydrogen-bond donors (Lipinski definition) is 3. The van der Waals surface area contributed by atoms with Gasteiger partial charge in [-0.1, -0.05) is 32.1 Å². The van der Waals surface area contributed by atoms with Gasteiger partial charge in [0.05, 0.1) is 6.26 Å². The average molecular weight is 291 g/mol. The fourth-order valence-corrected chi connectivity index (χ4v) is 2.72. The summed E-state index contributed by atoms with van der Waals surface area (Å²) >= 11 is 0. The third kappa shape index (κ3) is 8.83. The van der Waals surface area contributed by atoms with E-state index < -0.39 is 10.0 Å². The maximum atomic E-state index is 11.6. The summed E-state index contributed by atoms with van der Waals surface area (Å²) in [5.74, 6) is 0. The molecule has 0 radical (unpaired) electrons. The summed E-state index contributed by atoms with van der Waals surface area (Å²) in [6.45, 7) is 0.516. The van der Waals surface area contributed by atoms with Crippen LogP contribution in [0.5, 0.6) is 0 Å². The second-order valence-electron chi connectivity index (χ2n) is 5.11. The summed E-state index contributed by atoms with van der Waals surface area (Å²) in [6.07, 6.45) is 9.30. The van der Waals surface area contributed by atoms with Crippen LogP contribution in [0.1, 0.15) is 44.9 Å². The topological polar surface area (TPSA) is 87.3 Å². The molecular weight excluding hydrogens is 266 g/mol. The molecule has 0 aromatic carbocycles. The number of nitrogens with one attached hydrogen (secondary N) is 3. The lowest BCUT2D eigenvalue weighted by molar-refractivity contribution is 0.234. The fraction of sp³-hybridized carbons (Fsp3) is 0.917. The first-order valence-corrected chi connectivity index (χ1v) is 8.85. The SMILES string of the molecule is CS(=O)(=O)NCCNC(=O)NC1CCCCCCC1. The molecule has 1 rings (SSSR count). The molecule has 0 heterocycles. The van der Waals surface area contributed by atoms with Crippen LogP contribution in [-0.4, -0.2) is 39.8 Å². The Bertz CT molecular complexity index is 362. The second-order valence-corrected chi connectivity index (χ2v) is 6.94. The van der Waals surface area contributed by atoms with E-state index in [2.05, 4.69) is 15.4 Å². The lowest BCUT2D eigenvalue weighted by Crippen LogP contribution is -2.44. The summed E-state index contributed by atoms with van der Waals surface area (Å²) in [5.41, 5.74) is 0. The Morgan fingerprint density at radius 1 is 1.05 bits per heavy atom. The van der Waals surface area contributed by atoms with Crippen molar-refractivity contribution < 1.29 is 13.2 Å². The molecule has 1 fully saturated rings. The standard InChI is InChI=1S/C12H25N3O3S/c1-19(17,18)14-10-9-13-12(16)15-11-7-5-3-2-4-6-8-11/h11,14H,2-10H2,1H3,(H2,13,15,16). The Balaban J connectivity index is 2.15. The smallest absolute Gasteiger partial charge is 0.315 e. The van der Waals surface area contributed by atoms with Gasteiger partial charge in [0.1, 0.15) is 0 Å². The van der Waals surface area contributed by atoms with Gasteiger partial charge in [-0.25, -0.2) is 17.9 Å². The van der Waals surface area contributed by atoms with E-state index in [9.17, 15) is 13.2 Å². The van der Waals surface area contributed by atoms with E-state index in [1.54, 1.807) is 0 Å². The summed E-state index contributed by atoms with van der Waals surface area (Å²) in [7, 11) is -3.18. The summed E-state index contributed by atoms with van der Waals surface area (Å²) in [5, 5.41) is 5.62. The fourth-order valence-electron chi connectivity index (χ4n) is 2.25. The Labute approximate surface area is 115 Å². The van der Waals surface area contributed by atoms with Crippen molar-refractivity contribution in [3.05, 3.63) is 0 Å². The van der Waals surface area contributed by atoms with E-state index in [1.807, 2.05) is 0 Å². The molecule has 112 valence electrons. The minimum atomic E-state index is -3.18. The Morgan fingerprint density at radius 2 is 1.63 bits per heavy atom. The third-order valence-corrected chi connectivity index (χ3v) is 3.94. The number of carbonyl (C=O) groups excluding carboxylic acids is 1. The average Bonchev–Trinajstić information content (AvgIpc) is 2.27. The molecular formula is C12H25N3O3S. The molecule has 0 atom stereocenters. The zero-order chi connectivity index (χ0) is 14.1. The van der Waals surface area contributed by atoms with Gasteiger partial charge >= 0.3 is 6.03 Å². The van der Waals surface area contributed by atoms with Crippen LogP contribution in [0.15, 0.2) is 0 Å². The molecule has 1 aliphatic carbocycles. The molecule has 0 unspecified atom stereocenters. The monoisotopic (exact) mass is 291 g/mol. The van der Waals surface area contributed by atoms with Crippen LogP contribution >= 0.6 is 0 Å². The summed E-state index contributed by atoms with van der Waals surface area (Å²) < 4.78 is 24.0. The molecule has 0 saturated heterocycles. The van der Waals surface area contributed by atoms with Crippen molar-refractivity contribution in [2.45, 2.75) is 51.0 Å². The predicted molar refractivity (Wildman–Crippen MR) is 75.5 cm³/mol. The Kier molecular flexibility index (Phi) is 7.15. The molecule has 7 heteroatoms. The summed E-state index contributed by atoms with van der Waals surface area (Å²) in [4.78, 5) is 11.6. The van der Waals surface area contributed by atoms with Crippen LogP contribution in [0.25, 0.3) is 0 Å². The highest BCUT2D eigenvalue weighted by atomic mass is 32.2. The van der Waals surface area contributed by atoms with Crippen LogP contribution in [0.2, 0.25) is 0 Å². The molecule has 2 amide bonds. The zero-order valence-electron chi connectivity index (χ0n) is 11.6. The Hall–Kier alpha value is -0.820. The van der Waals surface area contributed by atoms with Crippen LogP contribution in [0, 0.1) is 0 Å². The Morgan fingerprint density at radius 3 is 2.21 bits per heavy atom. The van der Waals surface area contributed by atoms with E-state index in [0.717, 1.165) is 19.1 Å². The highest BCUT2D eigenvalue weighted by molar-refractivity contribution is 7.88. The molecule has 19 heavy (non-hydrogen) atoms. The first-order valence-electron chi connectivity index (χ1n) is 6.96. The minimum Gasteiger partial charge on any atom is -0.337 e. The number of carbonyl (C=O) groups is 1. The molecule has 0 aliphatic heterocycles. The van der Waals surface area contributed by atoms with Crippen molar-refractivity contribution in [1.29, 1.82) is 0 Å². The third-order valence-electron chi connectivity index (χ3n) is 3.22. The van der Waals surface area contributed by atoms with Gasteiger partial charge in [0.15, 0.2) is 0 Å². The number of hydrogen-bond acceptors (Lipinski definition) is 3. The van der Waals surface area contributed by atoms with Crippen LogP contribution in [0.3, 0.4) is 0 Å². The molecule has 0 aromatic rings. The van der Waals surface area contributed by atoms with Gasteiger partial charge in [0.2, 0.25) is 10.0 Å². The van der Waals surface area contributed by atoms with Crippen molar-refractivity contribution >= 4 is 16.1 Å². The van der Waals surface area contributed by atoms with E-state index in [1.165, 1.54) is 32.1 Å². The molecule has 0 bridgehead atoms. The summed E-state index contributed by atoms with van der Waals surface area (Å²) in [6, 6.07) is 0.0454. The van der Waals surface area contributed by atoms with Gasteiger partial charge in [-0.2, -0.15) is 0 Å². The van der Waals surface area contributed by atoms with E-state index >= 15 is 0 Å². The highest BCUT2D eigenvalue weighted by Crippen LogP contribution is 2.16. The van der Waals surface area contributed by atoms with Gasteiger partial charge in [0, 0.05) is 19.1 Å². The molecule has 0 spiro atoms. The number of urea groups is 1. The van der Waals surface area contributed by atoms with E-state index in [4.69, 9.17) is 0 Å². The molecule has 6 nitrogen and oxygen atoms in total. The van der Waals surface area contributed by atoms with Crippen molar-refractivity contribution in [2.24, 2.45) is 0 Å². The number of rotatable bonds is 5. The second kappa shape index (κ2) is 8.37. The van der Waals surface area contributed by atoms with Gasteiger partial charge < -0.3 is 10.6 Å². The molecule has 1 saturated carbocycles. The predicted octanol–water partition coefficient (Wildman–Crippen LogP) is 0.948. The number of sulfonamides is 1. The first-order chi connectivity index (χ1) is 8.97. The van der Waals surface area contributed by atoms with Crippen LogP contribution < -0.4 is 15.4 Å². The normalized spacial score (nSPS) is 18.4. The lowest BCUT2D eigenvalue weighted by Gasteiger charge is -2.21. The van der Waals surface area contributed by atoms with Crippen molar-refractivity contribution in [3.8, 4) is 0 Å². The van der Waals surface area contributed by atoms with Crippen molar-refractivity contribution in [3.63, 3.8) is 0 Å². The molecule has 1 aliphatic rings. The molecule has 0 aromatic heterocycles. The highest BCUT2D eigenvalue weighted by Gasteiger charge is 2.13. The maximum absolute atomic E-state index is 11.6. The van der Waals surface area contributed by atoms with Crippen LogP contribution in [-0.2, 0) is 10.0 Å². The number of amides is 2. The van der Waals surface area contributed by atoms with Gasteiger partial charge in [0.25, 0.3) is 0 Å². The minimum absolute atomic E-state index is 0.208. The van der Waals surface area contributed by atoms with E-state index in [0.29, 0.717) is 6.54 Å². The van der Waals surface area contributed by atoms with Gasteiger partial charge in [-0.3, -0.25) is 0 Å². The largest absolute Gasteiger partial charge is 0.337 e. The van der Waals surface area contributed by atoms with Gasteiger partial charge in [-0.15, -0.1) is 0 Å². The van der Waals surface area contributed by atoms with Crippen molar-refractivity contribution in [2.75, 3.05) is 19.3 Å². The maximum Gasteiger partial charge on any atom is 0.315 e. The zero-order valence-corrected chi connectivity index (χ0v) is 12.4. The quantitative estimate of drug-likeness (QED) is 0.659. The van der Waals surface area contributed by atoms with Gasteiger partial charge in [-0.05, 0) is 12.8 Å². The van der Waals surface area contributed by atoms with E-state index in [-0.39, 0.29) is 18.6 Å². The van der Waals surface area contributed by atoms with Crippen molar-refractivity contribution in [1.82, 2.24) is 15.4 Å².